The minimum absolute atomic E-state index is 0.0164. The van der Waals surface area contributed by atoms with Crippen LogP contribution in [-0.2, 0) is 0 Å². The van der Waals surface area contributed by atoms with Crippen molar-refractivity contribution in [3.63, 3.8) is 0 Å². The summed E-state index contributed by atoms with van der Waals surface area (Å²) in [6.45, 7) is 2.10. The fourth-order valence-corrected chi connectivity index (χ4v) is 3.81. The fourth-order valence-electron chi connectivity index (χ4n) is 3.81. The summed E-state index contributed by atoms with van der Waals surface area (Å²) < 4.78 is 6.09. The summed E-state index contributed by atoms with van der Waals surface area (Å²) in [5.74, 6) is 6.86. The van der Waals surface area contributed by atoms with Gasteiger partial charge in [-0.2, -0.15) is 0 Å². The fraction of sp³-hybridized carbons (Fsp3) is 0.529. The van der Waals surface area contributed by atoms with Gasteiger partial charge in [-0.3, -0.25) is 5.84 Å². The predicted octanol–water partition coefficient (Wildman–Crippen LogP) is 3.12. The summed E-state index contributed by atoms with van der Waals surface area (Å²) in [5, 5.41) is 1.15. The van der Waals surface area contributed by atoms with E-state index in [4.69, 9.17) is 10.3 Å². The Balaban J connectivity index is 2.04. The normalized spacial score (nSPS) is 19.5. The number of hydrogen-bond donors (Lipinski definition) is 2. The standard InChI is InChI=1S/C17H25N3O/c1-12-6-7-14-13(10-12)11-15(21-14)16(19-18)17(20(2)3)8-4-5-9-17/h6-7,10-11,16,19H,4-5,8-9,18H2,1-3H3. The Morgan fingerprint density at radius 1 is 1.24 bits per heavy atom. The van der Waals surface area contributed by atoms with Gasteiger partial charge in [0.1, 0.15) is 11.3 Å². The van der Waals surface area contributed by atoms with E-state index in [1.165, 1.54) is 18.4 Å². The van der Waals surface area contributed by atoms with Gasteiger partial charge in [0.05, 0.1) is 6.04 Å². The van der Waals surface area contributed by atoms with Gasteiger partial charge in [0, 0.05) is 10.9 Å². The van der Waals surface area contributed by atoms with E-state index in [1.54, 1.807) is 0 Å². The van der Waals surface area contributed by atoms with Gasteiger partial charge in [0.25, 0.3) is 0 Å². The first-order chi connectivity index (χ1) is 10.1. The van der Waals surface area contributed by atoms with Gasteiger partial charge in [-0.1, -0.05) is 24.5 Å². The van der Waals surface area contributed by atoms with Crippen molar-refractivity contribution in [2.24, 2.45) is 5.84 Å². The van der Waals surface area contributed by atoms with Crippen LogP contribution in [0.1, 0.15) is 43.0 Å². The van der Waals surface area contributed by atoms with Gasteiger partial charge in [0.15, 0.2) is 0 Å². The number of hydrogen-bond acceptors (Lipinski definition) is 4. The molecule has 2 aromatic rings. The molecule has 4 heteroatoms. The first-order valence-corrected chi connectivity index (χ1v) is 7.70. The van der Waals surface area contributed by atoms with Gasteiger partial charge < -0.3 is 9.32 Å². The number of likely N-dealkylation sites (N-methyl/N-ethyl adjacent to an activating group) is 1. The molecule has 4 nitrogen and oxygen atoms in total. The van der Waals surface area contributed by atoms with Crippen LogP contribution in [0.25, 0.3) is 11.0 Å². The number of rotatable bonds is 4. The van der Waals surface area contributed by atoms with E-state index < -0.39 is 0 Å². The van der Waals surface area contributed by atoms with Crippen LogP contribution in [0.4, 0.5) is 0 Å². The highest BCUT2D eigenvalue weighted by atomic mass is 16.3. The summed E-state index contributed by atoms with van der Waals surface area (Å²) in [6.07, 6.45) is 4.78. The average Bonchev–Trinajstić information content (AvgIpc) is 3.06. The van der Waals surface area contributed by atoms with E-state index in [2.05, 4.69) is 49.5 Å². The van der Waals surface area contributed by atoms with Gasteiger partial charge in [-0.05, 0) is 52.1 Å². The number of nitrogens with zero attached hydrogens (tertiary/aromatic N) is 1. The second kappa shape index (κ2) is 5.44. The molecular formula is C17H25N3O. The van der Waals surface area contributed by atoms with Crippen LogP contribution in [0.2, 0.25) is 0 Å². The first kappa shape index (κ1) is 14.6. The Kier molecular flexibility index (Phi) is 3.78. The van der Waals surface area contributed by atoms with Crippen LogP contribution in [0, 0.1) is 6.92 Å². The van der Waals surface area contributed by atoms with E-state index >= 15 is 0 Å². The zero-order valence-electron chi connectivity index (χ0n) is 13.1. The van der Waals surface area contributed by atoms with Crippen LogP contribution in [0.15, 0.2) is 28.7 Å². The lowest BCUT2D eigenvalue weighted by Crippen LogP contribution is -2.53. The molecule has 114 valence electrons. The number of benzene rings is 1. The zero-order chi connectivity index (χ0) is 15.0. The zero-order valence-corrected chi connectivity index (χ0v) is 13.1. The highest BCUT2D eigenvalue weighted by Crippen LogP contribution is 2.44. The second-order valence-corrected chi connectivity index (χ2v) is 6.49. The van der Waals surface area contributed by atoms with E-state index in [0.29, 0.717) is 0 Å². The third-order valence-electron chi connectivity index (χ3n) is 5.04. The van der Waals surface area contributed by atoms with Crippen LogP contribution in [0.3, 0.4) is 0 Å². The molecule has 0 radical (unpaired) electrons. The summed E-state index contributed by atoms with van der Waals surface area (Å²) >= 11 is 0. The van der Waals surface area contributed by atoms with E-state index in [0.717, 1.165) is 29.6 Å². The van der Waals surface area contributed by atoms with Crippen LogP contribution in [0.5, 0.6) is 0 Å². The quantitative estimate of drug-likeness (QED) is 0.670. The van der Waals surface area contributed by atoms with Crippen LogP contribution >= 0.6 is 0 Å². The first-order valence-electron chi connectivity index (χ1n) is 7.70. The van der Waals surface area contributed by atoms with Crippen molar-refractivity contribution in [2.75, 3.05) is 14.1 Å². The highest BCUT2D eigenvalue weighted by molar-refractivity contribution is 5.78. The van der Waals surface area contributed by atoms with Crippen molar-refractivity contribution in [1.29, 1.82) is 0 Å². The molecule has 21 heavy (non-hydrogen) atoms. The SMILES string of the molecule is Cc1ccc2oc(C(NN)C3(N(C)C)CCCC3)cc2c1. The highest BCUT2D eigenvalue weighted by Gasteiger charge is 2.45. The molecule has 1 aromatic heterocycles. The second-order valence-electron chi connectivity index (χ2n) is 6.49. The van der Waals surface area contributed by atoms with Gasteiger partial charge >= 0.3 is 0 Å². The molecule has 3 N–H and O–H groups in total. The van der Waals surface area contributed by atoms with Crippen LogP contribution in [-0.4, -0.2) is 24.5 Å². The predicted molar refractivity (Wildman–Crippen MR) is 85.9 cm³/mol. The Bertz CT molecular complexity index is 626. The molecule has 1 unspecified atom stereocenters. The molecule has 1 atom stereocenters. The van der Waals surface area contributed by atoms with Crippen molar-refractivity contribution >= 4 is 11.0 Å². The van der Waals surface area contributed by atoms with Gasteiger partial charge in [0.2, 0.25) is 0 Å². The van der Waals surface area contributed by atoms with E-state index in [-0.39, 0.29) is 11.6 Å². The molecule has 0 spiro atoms. The smallest absolute Gasteiger partial charge is 0.134 e. The number of hydrazine groups is 1. The Hall–Kier alpha value is -1.36. The molecule has 1 aliphatic rings. The molecule has 0 aliphatic heterocycles. The minimum atomic E-state index is 0.0164. The summed E-state index contributed by atoms with van der Waals surface area (Å²) in [7, 11) is 4.28. The Labute approximate surface area is 126 Å². The number of fused-ring (bicyclic) bond motifs is 1. The topological polar surface area (TPSA) is 54.4 Å². The third kappa shape index (κ3) is 2.37. The molecule has 1 aromatic carbocycles. The largest absolute Gasteiger partial charge is 0.459 e. The maximum atomic E-state index is 6.09. The number of aryl methyl sites for hydroxylation is 1. The van der Waals surface area contributed by atoms with E-state index in [9.17, 15) is 0 Å². The van der Waals surface area contributed by atoms with Crippen molar-refractivity contribution < 1.29 is 4.42 Å². The number of nitrogens with two attached hydrogens (primary N) is 1. The summed E-state index contributed by atoms with van der Waals surface area (Å²) in [6, 6.07) is 8.43. The molecule has 0 saturated heterocycles. The maximum absolute atomic E-state index is 6.09. The van der Waals surface area contributed by atoms with E-state index in [1.807, 2.05) is 6.07 Å². The Morgan fingerprint density at radius 2 is 1.95 bits per heavy atom. The van der Waals surface area contributed by atoms with Crippen molar-refractivity contribution in [3.05, 3.63) is 35.6 Å². The molecule has 0 amide bonds. The average molecular weight is 287 g/mol. The van der Waals surface area contributed by atoms with Crippen molar-refractivity contribution in [3.8, 4) is 0 Å². The Morgan fingerprint density at radius 3 is 2.57 bits per heavy atom. The molecule has 3 rings (SSSR count). The van der Waals surface area contributed by atoms with Gasteiger partial charge in [-0.25, -0.2) is 5.43 Å². The molecule has 0 bridgehead atoms. The molecule has 1 fully saturated rings. The molecule has 1 aliphatic carbocycles. The van der Waals surface area contributed by atoms with Crippen LogP contribution < -0.4 is 11.3 Å². The molecule has 1 saturated carbocycles. The lowest BCUT2D eigenvalue weighted by Gasteiger charge is -2.41. The summed E-state index contributed by atoms with van der Waals surface area (Å²) in [4.78, 5) is 2.31. The number of furan rings is 1. The number of nitrogens with one attached hydrogen (secondary N) is 1. The molecule has 1 heterocycles. The lowest BCUT2D eigenvalue weighted by molar-refractivity contribution is 0.0943. The minimum Gasteiger partial charge on any atom is -0.459 e. The van der Waals surface area contributed by atoms with Crippen molar-refractivity contribution in [1.82, 2.24) is 10.3 Å². The van der Waals surface area contributed by atoms with Crippen molar-refractivity contribution in [2.45, 2.75) is 44.2 Å². The lowest BCUT2D eigenvalue weighted by atomic mass is 9.85. The molecular weight excluding hydrogens is 262 g/mol. The monoisotopic (exact) mass is 287 g/mol. The third-order valence-corrected chi connectivity index (χ3v) is 5.04. The summed E-state index contributed by atoms with van der Waals surface area (Å²) in [5.41, 5.74) is 5.24. The maximum Gasteiger partial charge on any atom is 0.134 e. The van der Waals surface area contributed by atoms with Gasteiger partial charge in [-0.15, -0.1) is 0 Å².